The lowest BCUT2D eigenvalue weighted by molar-refractivity contribution is 0.303. The van der Waals surface area contributed by atoms with E-state index in [1.807, 2.05) is 41.5 Å². The maximum atomic E-state index is 6.00. The Morgan fingerprint density at radius 3 is 1.77 bits per heavy atom. The van der Waals surface area contributed by atoms with Gasteiger partial charge in [0.2, 0.25) is 0 Å². The van der Waals surface area contributed by atoms with Crippen LogP contribution in [0, 0.1) is 0 Å². The second-order valence-electron chi connectivity index (χ2n) is 5.42. The van der Waals surface area contributed by atoms with Gasteiger partial charge in [0.05, 0.1) is 17.1 Å². The molecule has 0 saturated carbocycles. The number of hydrogen-bond donors (Lipinski definition) is 0. The third kappa shape index (κ3) is 4.84. The van der Waals surface area contributed by atoms with E-state index in [1.54, 1.807) is 0 Å². The van der Waals surface area contributed by atoms with Crippen molar-refractivity contribution in [1.29, 1.82) is 0 Å². The number of hydrogen-bond acceptors (Lipinski definition) is 1. The largest absolute Gasteiger partial charge is 0.281 e. The fourth-order valence-corrected chi connectivity index (χ4v) is 2.45. The molecule has 0 saturated heterocycles. The summed E-state index contributed by atoms with van der Waals surface area (Å²) in [6.45, 7) is 20.9. The van der Waals surface area contributed by atoms with Gasteiger partial charge in [0, 0.05) is 11.0 Å². The molecule has 128 valence electrons. The van der Waals surface area contributed by atoms with Gasteiger partial charge >= 0.3 is 0 Å². The van der Waals surface area contributed by atoms with Crippen LogP contribution in [0.15, 0.2) is 29.3 Å². The number of halogens is 1. The van der Waals surface area contributed by atoms with Crippen molar-refractivity contribution in [2.45, 2.75) is 80.2 Å². The normalized spacial score (nSPS) is 16.2. The van der Waals surface area contributed by atoms with Crippen molar-refractivity contribution in [3.63, 3.8) is 0 Å². The maximum absolute atomic E-state index is 6.00. The standard InChI is InChI=1S/C14H18ClN.3C2H6/c1-13(2)11-8-6-5-7-10(11)12(9-15)16-14(13,3)4;3*1-2/h5-8H,9H2,1-4H3;3*1-2H3. The molecule has 0 fully saturated rings. The summed E-state index contributed by atoms with van der Waals surface area (Å²) in [6.07, 6.45) is 0. The second kappa shape index (κ2) is 10.8. The highest BCUT2D eigenvalue weighted by molar-refractivity contribution is 6.32. The van der Waals surface area contributed by atoms with Crippen molar-refractivity contribution >= 4 is 17.3 Å². The number of fused-ring (bicyclic) bond motifs is 1. The van der Waals surface area contributed by atoms with Crippen molar-refractivity contribution in [2.75, 3.05) is 5.88 Å². The Balaban J connectivity index is 0. The highest BCUT2D eigenvalue weighted by Crippen LogP contribution is 2.42. The van der Waals surface area contributed by atoms with Crippen molar-refractivity contribution in [3.05, 3.63) is 35.4 Å². The molecule has 2 heteroatoms. The van der Waals surface area contributed by atoms with Crippen LogP contribution >= 0.6 is 11.6 Å². The quantitative estimate of drug-likeness (QED) is 0.500. The lowest BCUT2D eigenvalue weighted by atomic mass is 9.66. The van der Waals surface area contributed by atoms with Gasteiger partial charge in [-0.2, -0.15) is 0 Å². The van der Waals surface area contributed by atoms with E-state index in [9.17, 15) is 0 Å². The number of alkyl halides is 1. The van der Waals surface area contributed by atoms with Crippen LogP contribution in [-0.4, -0.2) is 17.1 Å². The minimum absolute atomic E-state index is 0.0408. The summed E-state index contributed by atoms with van der Waals surface area (Å²) in [5, 5.41) is 0. The highest BCUT2D eigenvalue weighted by Gasteiger charge is 2.43. The smallest absolute Gasteiger partial charge is 0.0649 e. The molecule has 0 radical (unpaired) electrons. The van der Waals surface area contributed by atoms with E-state index in [4.69, 9.17) is 16.6 Å². The Labute approximate surface area is 144 Å². The molecule has 0 N–H and O–H groups in total. The predicted molar refractivity (Wildman–Crippen MR) is 105 cm³/mol. The van der Waals surface area contributed by atoms with Gasteiger partial charge in [-0.25, -0.2) is 0 Å². The average molecular weight is 326 g/mol. The monoisotopic (exact) mass is 325 g/mol. The lowest BCUT2D eigenvalue weighted by Crippen LogP contribution is -2.46. The van der Waals surface area contributed by atoms with Crippen LogP contribution in [0.25, 0.3) is 0 Å². The second-order valence-corrected chi connectivity index (χ2v) is 5.69. The fourth-order valence-electron chi connectivity index (χ4n) is 2.25. The first-order valence-electron chi connectivity index (χ1n) is 8.65. The molecule has 0 amide bonds. The Morgan fingerprint density at radius 1 is 0.864 bits per heavy atom. The summed E-state index contributed by atoms with van der Waals surface area (Å²) in [7, 11) is 0. The summed E-state index contributed by atoms with van der Waals surface area (Å²) in [4.78, 5) is 4.81. The Hall–Kier alpha value is -0.820. The predicted octanol–water partition coefficient (Wildman–Crippen LogP) is 6.86. The molecule has 1 aliphatic heterocycles. The van der Waals surface area contributed by atoms with Crippen LogP contribution < -0.4 is 0 Å². The van der Waals surface area contributed by atoms with E-state index >= 15 is 0 Å². The van der Waals surface area contributed by atoms with E-state index in [1.165, 1.54) is 11.1 Å². The van der Waals surface area contributed by atoms with Gasteiger partial charge in [-0.05, 0) is 19.4 Å². The molecule has 0 aliphatic carbocycles. The van der Waals surface area contributed by atoms with Gasteiger partial charge in [-0.15, -0.1) is 11.6 Å². The molecule has 1 nitrogen and oxygen atoms in total. The minimum Gasteiger partial charge on any atom is -0.281 e. The summed E-state index contributed by atoms with van der Waals surface area (Å²) in [5.41, 5.74) is 3.51. The van der Waals surface area contributed by atoms with E-state index < -0.39 is 0 Å². The molecule has 0 bridgehead atoms. The van der Waals surface area contributed by atoms with Gasteiger partial charge in [-0.1, -0.05) is 79.7 Å². The number of rotatable bonds is 1. The van der Waals surface area contributed by atoms with E-state index in [2.05, 4.69) is 52.0 Å². The Kier molecular flexibility index (Phi) is 11.5. The molecule has 1 heterocycles. The van der Waals surface area contributed by atoms with Gasteiger partial charge in [0.25, 0.3) is 0 Å². The Bertz CT molecular complexity index is 445. The summed E-state index contributed by atoms with van der Waals surface area (Å²) < 4.78 is 0. The molecular weight excluding hydrogens is 290 g/mol. The van der Waals surface area contributed by atoms with Crippen molar-refractivity contribution < 1.29 is 0 Å². The molecule has 2 rings (SSSR count). The molecule has 0 aromatic heterocycles. The van der Waals surface area contributed by atoms with Crippen molar-refractivity contribution in [3.8, 4) is 0 Å². The van der Waals surface area contributed by atoms with Crippen molar-refractivity contribution in [1.82, 2.24) is 0 Å². The number of nitrogens with zero attached hydrogens (tertiary/aromatic N) is 1. The molecule has 0 unspecified atom stereocenters. The zero-order valence-electron chi connectivity index (χ0n) is 16.3. The molecular formula is C20H36ClN. The van der Waals surface area contributed by atoms with Crippen LogP contribution in [-0.2, 0) is 5.41 Å². The molecule has 1 aliphatic rings. The topological polar surface area (TPSA) is 12.4 Å². The van der Waals surface area contributed by atoms with E-state index in [-0.39, 0.29) is 11.0 Å². The summed E-state index contributed by atoms with van der Waals surface area (Å²) >= 11 is 6.00. The average Bonchev–Trinajstić information content (AvgIpc) is 2.57. The molecule has 1 aromatic carbocycles. The fraction of sp³-hybridized carbons (Fsp3) is 0.650. The minimum atomic E-state index is -0.106. The third-order valence-corrected chi connectivity index (χ3v) is 4.24. The first-order valence-corrected chi connectivity index (χ1v) is 9.18. The van der Waals surface area contributed by atoms with E-state index in [0.717, 1.165) is 5.71 Å². The van der Waals surface area contributed by atoms with Crippen LogP contribution in [0.5, 0.6) is 0 Å². The molecule has 1 aromatic rings. The van der Waals surface area contributed by atoms with Gasteiger partial charge < -0.3 is 0 Å². The van der Waals surface area contributed by atoms with Crippen LogP contribution in [0.2, 0.25) is 0 Å². The zero-order chi connectivity index (χ0) is 18.0. The van der Waals surface area contributed by atoms with Crippen LogP contribution in [0.4, 0.5) is 0 Å². The number of aliphatic imine (C=N–C) groups is 1. The summed E-state index contributed by atoms with van der Waals surface area (Å²) in [6, 6.07) is 8.45. The zero-order valence-corrected chi connectivity index (χ0v) is 17.1. The Morgan fingerprint density at radius 2 is 1.32 bits per heavy atom. The number of benzene rings is 1. The van der Waals surface area contributed by atoms with Crippen LogP contribution in [0.1, 0.15) is 80.4 Å². The first-order chi connectivity index (χ1) is 10.4. The highest BCUT2D eigenvalue weighted by atomic mass is 35.5. The van der Waals surface area contributed by atoms with Gasteiger partial charge in [0.1, 0.15) is 0 Å². The molecule has 22 heavy (non-hydrogen) atoms. The van der Waals surface area contributed by atoms with Gasteiger partial charge in [-0.3, -0.25) is 4.99 Å². The van der Waals surface area contributed by atoms with Crippen molar-refractivity contribution in [2.24, 2.45) is 4.99 Å². The SMILES string of the molecule is CC.CC.CC.CC1(C)N=C(CCl)c2ccccc2C1(C)C. The van der Waals surface area contributed by atoms with Gasteiger partial charge in [0.15, 0.2) is 0 Å². The lowest BCUT2D eigenvalue weighted by Gasteiger charge is -2.44. The molecule has 0 spiro atoms. The van der Waals surface area contributed by atoms with E-state index in [0.29, 0.717) is 5.88 Å². The first kappa shape index (κ1) is 23.4. The third-order valence-electron chi connectivity index (χ3n) is 3.98. The van der Waals surface area contributed by atoms with Crippen LogP contribution in [0.3, 0.4) is 0 Å². The maximum Gasteiger partial charge on any atom is 0.0649 e. The summed E-state index contributed by atoms with van der Waals surface area (Å²) in [5.74, 6) is 0.483. The molecule has 0 atom stereocenters.